The van der Waals surface area contributed by atoms with Crippen molar-refractivity contribution in [1.82, 2.24) is 9.78 Å². The zero-order valence-corrected chi connectivity index (χ0v) is 12.0. The fourth-order valence-electron chi connectivity index (χ4n) is 1.81. The normalized spacial score (nSPS) is 10.2. The number of aryl methyl sites for hydroxylation is 1. The van der Waals surface area contributed by atoms with Crippen molar-refractivity contribution >= 4 is 17.6 Å². The smallest absolute Gasteiger partial charge is 0.327 e. The van der Waals surface area contributed by atoms with E-state index in [4.69, 9.17) is 0 Å². The van der Waals surface area contributed by atoms with Crippen molar-refractivity contribution in [3.63, 3.8) is 0 Å². The molecule has 110 valence electrons. The van der Waals surface area contributed by atoms with E-state index < -0.39 is 5.97 Å². The van der Waals surface area contributed by atoms with E-state index in [0.29, 0.717) is 11.3 Å². The maximum Gasteiger partial charge on any atom is 0.327 e. The summed E-state index contributed by atoms with van der Waals surface area (Å²) in [4.78, 5) is 23.2. The number of methoxy groups -OCH3 is 1. The molecule has 6 heteroatoms. The molecule has 1 N–H and O–H groups in total. The molecule has 0 aliphatic rings. The number of carbonyl (C=O) groups is 2. The van der Waals surface area contributed by atoms with E-state index in [1.165, 1.54) is 23.6 Å². The second-order valence-electron chi connectivity index (χ2n) is 4.51. The largest absolute Gasteiger partial charge is 0.468 e. The van der Waals surface area contributed by atoms with Gasteiger partial charge in [0.2, 0.25) is 0 Å². The third-order valence-electron chi connectivity index (χ3n) is 3.03. The van der Waals surface area contributed by atoms with Gasteiger partial charge < -0.3 is 10.1 Å². The number of carbonyl (C=O) groups excluding carboxylic acids is 2. The van der Waals surface area contributed by atoms with E-state index in [1.807, 2.05) is 12.1 Å². The number of anilines is 1. The summed E-state index contributed by atoms with van der Waals surface area (Å²) in [6.45, 7) is 2.07. The molecule has 21 heavy (non-hydrogen) atoms. The molecule has 0 unspecified atom stereocenters. The summed E-state index contributed by atoms with van der Waals surface area (Å²) in [5.41, 5.74) is 2.29. The van der Waals surface area contributed by atoms with Gasteiger partial charge >= 0.3 is 5.97 Å². The van der Waals surface area contributed by atoms with Crippen LogP contribution in [0.3, 0.4) is 0 Å². The first-order valence-corrected chi connectivity index (χ1v) is 6.62. The number of benzene rings is 1. The van der Waals surface area contributed by atoms with Crippen LogP contribution < -0.4 is 5.32 Å². The summed E-state index contributed by atoms with van der Waals surface area (Å²) < 4.78 is 5.95. The van der Waals surface area contributed by atoms with E-state index in [1.54, 1.807) is 18.3 Å². The molecule has 0 saturated heterocycles. The lowest BCUT2D eigenvalue weighted by Gasteiger charge is -2.03. The molecule has 0 aliphatic heterocycles. The second-order valence-corrected chi connectivity index (χ2v) is 4.51. The molecule has 0 radical (unpaired) electrons. The van der Waals surface area contributed by atoms with Gasteiger partial charge in [0, 0.05) is 11.8 Å². The predicted octanol–water partition coefficient (Wildman–Crippen LogP) is 1.87. The topological polar surface area (TPSA) is 73.2 Å². The third kappa shape index (κ3) is 3.92. The van der Waals surface area contributed by atoms with Crippen molar-refractivity contribution < 1.29 is 14.3 Å². The minimum absolute atomic E-state index is 0.0115. The van der Waals surface area contributed by atoms with Crippen LogP contribution in [0.15, 0.2) is 36.7 Å². The van der Waals surface area contributed by atoms with E-state index in [-0.39, 0.29) is 12.5 Å². The minimum Gasteiger partial charge on any atom is -0.468 e. The van der Waals surface area contributed by atoms with Crippen LogP contribution in [0.1, 0.15) is 22.8 Å². The van der Waals surface area contributed by atoms with Crippen LogP contribution >= 0.6 is 0 Å². The van der Waals surface area contributed by atoms with Gasteiger partial charge in [-0.2, -0.15) is 5.10 Å². The van der Waals surface area contributed by atoms with Crippen LogP contribution in [0, 0.1) is 0 Å². The van der Waals surface area contributed by atoms with Crippen molar-refractivity contribution in [3.05, 3.63) is 47.8 Å². The second kappa shape index (κ2) is 6.69. The fourth-order valence-corrected chi connectivity index (χ4v) is 1.81. The van der Waals surface area contributed by atoms with Crippen LogP contribution in [0.4, 0.5) is 5.69 Å². The summed E-state index contributed by atoms with van der Waals surface area (Å²) in [7, 11) is 1.31. The number of amides is 1. The van der Waals surface area contributed by atoms with Gasteiger partial charge in [0.1, 0.15) is 6.54 Å². The Morgan fingerprint density at radius 1 is 1.29 bits per heavy atom. The molecule has 6 nitrogen and oxygen atoms in total. The highest BCUT2D eigenvalue weighted by molar-refractivity contribution is 6.04. The molecule has 0 saturated carbocycles. The van der Waals surface area contributed by atoms with E-state index >= 15 is 0 Å². The molecule has 1 heterocycles. The molecule has 2 rings (SSSR count). The quantitative estimate of drug-likeness (QED) is 0.852. The number of ether oxygens (including phenoxy) is 1. The van der Waals surface area contributed by atoms with Gasteiger partial charge in [0.25, 0.3) is 5.91 Å². The first kappa shape index (κ1) is 14.8. The number of esters is 1. The Balaban J connectivity index is 2.00. The average Bonchev–Trinajstić information content (AvgIpc) is 2.94. The molecule has 0 spiro atoms. The first-order chi connectivity index (χ1) is 10.1. The molecule has 0 fully saturated rings. The maximum atomic E-state index is 12.1. The average molecular weight is 287 g/mol. The summed E-state index contributed by atoms with van der Waals surface area (Å²) in [6.07, 6.45) is 4.00. The lowest BCUT2D eigenvalue weighted by atomic mass is 10.1. The van der Waals surface area contributed by atoms with Gasteiger partial charge in [0.05, 0.1) is 19.0 Å². The SMILES string of the molecule is CCc1ccc(C(=O)Nc2cnn(CC(=O)OC)c2)cc1. The Morgan fingerprint density at radius 3 is 2.62 bits per heavy atom. The van der Waals surface area contributed by atoms with Gasteiger partial charge in [-0.3, -0.25) is 14.3 Å². The molecule has 2 aromatic rings. The van der Waals surface area contributed by atoms with Gasteiger partial charge in [0.15, 0.2) is 0 Å². The van der Waals surface area contributed by atoms with Crippen LogP contribution in [0.5, 0.6) is 0 Å². The molecule has 0 bridgehead atoms. The van der Waals surface area contributed by atoms with E-state index in [9.17, 15) is 9.59 Å². The number of nitrogens with zero attached hydrogens (tertiary/aromatic N) is 2. The summed E-state index contributed by atoms with van der Waals surface area (Å²) in [5, 5.41) is 6.71. The predicted molar refractivity (Wildman–Crippen MR) is 78.0 cm³/mol. The highest BCUT2D eigenvalue weighted by Gasteiger charge is 2.09. The highest BCUT2D eigenvalue weighted by Crippen LogP contribution is 2.10. The number of aromatic nitrogens is 2. The van der Waals surface area contributed by atoms with Crippen molar-refractivity contribution in [3.8, 4) is 0 Å². The molecule has 1 aromatic heterocycles. The van der Waals surface area contributed by atoms with Crippen molar-refractivity contribution in [2.24, 2.45) is 0 Å². The van der Waals surface area contributed by atoms with Crippen molar-refractivity contribution in [1.29, 1.82) is 0 Å². The molecule has 1 amide bonds. The molecule has 0 atom stereocenters. The van der Waals surface area contributed by atoms with Crippen LogP contribution in [-0.2, 0) is 22.5 Å². The fraction of sp³-hybridized carbons (Fsp3) is 0.267. The highest BCUT2D eigenvalue weighted by atomic mass is 16.5. The summed E-state index contributed by atoms with van der Waals surface area (Å²) in [5.74, 6) is -0.610. The zero-order chi connectivity index (χ0) is 15.2. The monoisotopic (exact) mass is 287 g/mol. The van der Waals surface area contributed by atoms with Crippen LogP contribution in [0.2, 0.25) is 0 Å². The van der Waals surface area contributed by atoms with Crippen LogP contribution in [0.25, 0.3) is 0 Å². The minimum atomic E-state index is -0.397. The van der Waals surface area contributed by atoms with Gasteiger partial charge in [-0.1, -0.05) is 19.1 Å². The molecular formula is C15H17N3O3. The zero-order valence-electron chi connectivity index (χ0n) is 12.0. The molecule has 0 aliphatic carbocycles. The number of hydrogen-bond acceptors (Lipinski definition) is 4. The number of nitrogens with one attached hydrogen (secondary N) is 1. The Bertz CT molecular complexity index is 632. The molecular weight excluding hydrogens is 270 g/mol. The van der Waals surface area contributed by atoms with Gasteiger partial charge in [-0.15, -0.1) is 0 Å². The molecule has 1 aromatic carbocycles. The summed E-state index contributed by atoms with van der Waals surface area (Å²) >= 11 is 0. The van der Waals surface area contributed by atoms with Crippen molar-refractivity contribution in [2.75, 3.05) is 12.4 Å². The van der Waals surface area contributed by atoms with Gasteiger partial charge in [-0.25, -0.2) is 0 Å². The van der Waals surface area contributed by atoms with E-state index in [2.05, 4.69) is 22.1 Å². The Morgan fingerprint density at radius 2 is 2.00 bits per heavy atom. The Labute approximate surface area is 122 Å². The lowest BCUT2D eigenvalue weighted by Crippen LogP contribution is -2.12. The lowest BCUT2D eigenvalue weighted by molar-refractivity contribution is -0.141. The Hall–Kier alpha value is -2.63. The Kier molecular flexibility index (Phi) is 4.71. The maximum absolute atomic E-state index is 12.1. The standard InChI is InChI=1S/C15H17N3O3/c1-3-11-4-6-12(7-5-11)15(20)17-13-8-16-18(9-13)10-14(19)21-2/h4-9H,3,10H2,1-2H3,(H,17,20). The third-order valence-corrected chi connectivity index (χ3v) is 3.03. The van der Waals surface area contributed by atoms with E-state index in [0.717, 1.165) is 6.42 Å². The number of hydrogen-bond donors (Lipinski definition) is 1. The van der Waals surface area contributed by atoms with Crippen molar-refractivity contribution in [2.45, 2.75) is 19.9 Å². The number of rotatable bonds is 5. The first-order valence-electron chi connectivity index (χ1n) is 6.62. The van der Waals surface area contributed by atoms with Crippen LogP contribution in [-0.4, -0.2) is 28.8 Å². The summed E-state index contributed by atoms with van der Waals surface area (Å²) in [6, 6.07) is 7.42. The van der Waals surface area contributed by atoms with Gasteiger partial charge in [-0.05, 0) is 24.1 Å².